The molecule has 11 aromatic rings. The van der Waals surface area contributed by atoms with Crippen molar-refractivity contribution in [3.8, 4) is 50.2 Å². The lowest BCUT2D eigenvalue weighted by atomic mass is 9.45. The second kappa shape index (κ2) is 15.7. The summed E-state index contributed by atoms with van der Waals surface area (Å²) in [6, 6.07) is 55.8. The molecule has 0 N–H and O–H groups in total. The van der Waals surface area contributed by atoms with Crippen molar-refractivity contribution in [1.82, 2.24) is 9.05 Å². The first kappa shape index (κ1) is 47.6. The van der Waals surface area contributed by atoms with E-state index < -0.39 is 0 Å². The summed E-state index contributed by atoms with van der Waals surface area (Å²) in [4.78, 5) is 0. The zero-order valence-electron chi connectivity index (χ0n) is 47.3. The maximum absolute atomic E-state index is 2.78. The molecule has 0 amide bonds. The highest BCUT2D eigenvalue weighted by Gasteiger charge is 2.43. The van der Waals surface area contributed by atoms with Crippen LogP contribution < -0.4 is 10.9 Å². The molecule has 0 aliphatic carbocycles. The topological polar surface area (TPSA) is 9.86 Å². The molecule has 75 heavy (non-hydrogen) atoms. The summed E-state index contributed by atoms with van der Waals surface area (Å²) in [5, 5.41) is 7.84. The Morgan fingerprint density at radius 2 is 0.880 bits per heavy atom. The number of hydrogen-bond acceptors (Lipinski definition) is 0. The van der Waals surface area contributed by atoms with E-state index in [0.29, 0.717) is 0 Å². The third kappa shape index (κ3) is 6.98. The molecule has 2 aromatic heterocycles. The van der Waals surface area contributed by atoms with Gasteiger partial charge >= 0.3 is 6.85 Å². The van der Waals surface area contributed by atoms with Crippen LogP contribution in [0.2, 0.25) is 0 Å². The van der Waals surface area contributed by atoms with Crippen molar-refractivity contribution in [1.29, 1.82) is 0 Å². The third-order valence-electron chi connectivity index (χ3n) is 17.6. The van der Waals surface area contributed by atoms with E-state index in [2.05, 4.69) is 259 Å². The average Bonchev–Trinajstić information content (AvgIpc) is 3.98. The highest BCUT2D eigenvalue weighted by atomic mass is 15.0. The number of aryl methyl sites for hydroxylation is 4. The minimum Gasteiger partial charge on any atom is -0.375 e. The van der Waals surface area contributed by atoms with Crippen molar-refractivity contribution in [2.24, 2.45) is 0 Å². The van der Waals surface area contributed by atoms with Gasteiger partial charge in [0.15, 0.2) is 0 Å². The van der Waals surface area contributed by atoms with Crippen LogP contribution >= 0.6 is 0 Å². The fourth-order valence-electron chi connectivity index (χ4n) is 13.5. The number of benzene rings is 9. The van der Waals surface area contributed by atoms with E-state index in [4.69, 9.17) is 0 Å². The molecule has 372 valence electrons. The molecule has 0 saturated heterocycles. The highest BCUT2D eigenvalue weighted by Crippen LogP contribution is 2.49. The Morgan fingerprint density at radius 1 is 0.347 bits per heavy atom. The van der Waals surface area contributed by atoms with E-state index in [1.165, 1.54) is 160 Å². The van der Waals surface area contributed by atoms with Gasteiger partial charge in [-0.05, 0) is 192 Å². The summed E-state index contributed by atoms with van der Waals surface area (Å²) in [5.74, 6) is 0. The SMILES string of the molecule is Cc1cccc(C)c1-c1cc2c3c(c1)c1ccc4c(-c5c(C)cccc5C)cccc4c1n3-c1cc(-c3cc(C(C)(C)C)cc(C(C)(C)C)c3)cc3c1B2n1c2ccc(C(C)(C)C)cc2c2cc(C(C)(C)C)cc-3c21. The summed E-state index contributed by atoms with van der Waals surface area (Å²) in [6.07, 6.45) is 0. The van der Waals surface area contributed by atoms with Crippen LogP contribution in [0.15, 0.2) is 140 Å². The van der Waals surface area contributed by atoms with Gasteiger partial charge in [-0.2, -0.15) is 0 Å². The van der Waals surface area contributed by atoms with Gasteiger partial charge in [0, 0.05) is 49.2 Å². The molecule has 9 aromatic carbocycles. The number of fused-ring (bicyclic) bond motifs is 12. The van der Waals surface area contributed by atoms with Gasteiger partial charge in [-0.25, -0.2) is 0 Å². The van der Waals surface area contributed by atoms with E-state index in [1.807, 2.05) is 0 Å². The van der Waals surface area contributed by atoms with Gasteiger partial charge in [0.25, 0.3) is 0 Å². The molecular formula is C72H71BN2. The Morgan fingerprint density at radius 3 is 1.51 bits per heavy atom. The Hall–Kier alpha value is -7.10. The number of hydrogen-bond donors (Lipinski definition) is 0. The van der Waals surface area contributed by atoms with E-state index in [-0.39, 0.29) is 28.5 Å². The first-order chi connectivity index (χ1) is 35.4. The quantitative estimate of drug-likeness (QED) is 0.156. The molecule has 2 aliphatic heterocycles. The first-order valence-electron chi connectivity index (χ1n) is 27.5. The van der Waals surface area contributed by atoms with Crippen LogP contribution in [0.1, 0.15) is 128 Å². The molecule has 2 aliphatic rings. The summed E-state index contributed by atoms with van der Waals surface area (Å²) in [7, 11) is 0. The Bertz CT molecular complexity index is 4240. The number of rotatable bonds is 3. The van der Waals surface area contributed by atoms with Gasteiger partial charge in [-0.3, -0.25) is 0 Å². The Kier molecular flexibility index (Phi) is 9.99. The number of aromatic nitrogens is 2. The van der Waals surface area contributed by atoms with Crippen molar-refractivity contribution in [3.63, 3.8) is 0 Å². The molecule has 4 heterocycles. The highest BCUT2D eigenvalue weighted by molar-refractivity contribution is 6.90. The van der Waals surface area contributed by atoms with Crippen LogP contribution in [0.4, 0.5) is 0 Å². The van der Waals surface area contributed by atoms with E-state index in [9.17, 15) is 0 Å². The lowest BCUT2D eigenvalue weighted by molar-refractivity contribution is 0.569. The second-order valence-corrected chi connectivity index (χ2v) is 26.9. The second-order valence-electron chi connectivity index (χ2n) is 26.9. The minimum absolute atomic E-state index is 0.00991. The lowest BCUT2D eigenvalue weighted by Crippen LogP contribution is -2.55. The predicted molar refractivity (Wildman–Crippen MR) is 327 cm³/mol. The Labute approximate surface area is 445 Å². The average molecular weight is 975 g/mol. The normalized spacial score (nSPS) is 13.6. The molecule has 13 rings (SSSR count). The van der Waals surface area contributed by atoms with Crippen molar-refractivity contribution in [2.45, 2.75) is 132 Å². The monoisotopic (exact) mass is 975 g/mol. The van der Waals surface area contributed by atoms with Crippen LogP contribution in [0, 0.1) is 27.7 Å². The molecular weight excluding hydrogens is 904 g/mol. The molecule has 0 unspecified atom stereocenters. The molecule has 0 atom stereocenters. The molecule has 0 spiro atoms. The predicted octanol–water partition coefficient (Wildman–Crippen LogP) is 18.4. The van der Waals surface area contributed by atoms with Crippen molar-refractivity contribution >= 4 is 72.2 Å². The summed E-state index contributed by atoms with van der Waals surface area (Å²) in [6.45, 7) is 37.4. The van der Waals surface area contributed by atoms with E-state index >= 15 is 0 Å². The van der Waals surface area contributed by atoms with E-state index in [0.717, 1.165) is 0 Å². The van der Waals surface area contributed by atoms with Gasteiger partial charge < -0.3 is 9.05 Å². The van der Waals surface area contributed by atoms with Crippen LogP contribution in [0.3, 0.4) is 0 Å². The number of nitrogens with zero attached hydrogens (tertiary/aromatic N) is 2. The van der Waals surface area contributed by atoms with Gasteiger partial charge in [0.1, 0.15) is 0 Å². The fourth-order valence-corrected chi connectivity index (χ4v) is 13.5. The van der Waals surface area contributed by atoms with Crippen LogP contribution in [0.5, 0.6) is 0 Å². The Balaban J connectivity index is 1.27. The summed E-state index contributed by atoms with van der Waals surface area (Å²) in [5.41, 5.74) is 30.1. The molecule has 0 fully saturated rings. The third-order valence-corrected chi connectivity index (χ3v) is 17.6. The lowest BCUT2D eigenvalue weighted by Gasteiger charge is -2.35. The van der Waals surface area contributed by atoms with E-state index in [1.54, 1.807) is 0 Å². The van der Waals surface area contributed by atoms with Gasteiger partial charge in [0.05, 0.1) is 11.0 Å². The van der Waals surface area contributed by atoms with Crippen molar-refractivity contribution in [2.75, 3.05) is 0 Å². The summed E-state index contributed by atoms with van der Waals surface area (Å²) >= 11 is 0. The fraction of sp³-hybridized carbons (Fsp3) is 0.278. The van der Waals surface area contributed by atoms with Crippen LogP contribution in [-0.4, -0.2) is 15.9 Å². The standard InChI is InChI=1S/C72H71BN2/c1-40-20-17-21-41(2)63(40)46-33-57-54-28-27-51-52(64-42(3)22-18-23-43(64)4)24-19-25-53(51)66(54)74-62-35-45(44-30-48(70(8,9)10)36-49(31-44)71(11,12)13)32-56-59-39-50(72(14,15)16)38-58-55-37-47(69(5,6)7)26-29-61(55)75(67(58)59)73(65(56)62)60(34-46)68(57)74/h17-39H,1-16H3. The van der Waals surface area contributed by atoms with Gasteiger partial charge in [-0.1, -0.05) is 180 Å². The molecule has 0 bridgehead atoms. The van der Waals surface area contributed by atoms with Crippen LogP contribution in [-0.2, 0) is 21.7 Å². The largest absolute Gasteiger partial charge is 0.375 e. The molecule has 0 radical (unpaired) electrons. The van der Waals surface area contributed by atoms with Crippen molar-refractivity contribution in [3.05, 3.63) is 184 Å². The maximum atomic E-state index is 2.78. The molecule has 0 saturated carbocycles. The molecule has 3 heteroatoms. The smallest absolute Gasteiger partial charge is 0.333 e. The molecule has 2 nitrogen and oxygen atoms in total. The minimum atomic E-state index is -0.0939. The zero-order valence-corrected chi connectivity index (χ0v) is 47.3. The van der Waals surface area contributed by atoms with Crippen molar-refractivity contribution < 1.29 is 0 Å². The first-order valence-corrected chi connectivity index (χ1v) is 27.5. The van der Waals surface area contributed by atoms with Gasteiger partial charge in [-0.15, -0.1) is 0 Å². The zero-order chi connectivity index (χ0) is 52.7. The summed E-state index contributed by atoms with van der Waals surface area (Å²) < 4.78 is 5.52. The van der Waals surface area contributed by atoms with Crippen LogP contribution in [0.25, 0.3) is 105 Å². The van der Waals surface area contributed by atoms with Gasteiger partial charge in [0.2, 0.25) is 0 Å². The maximum Gasteiger partial charge on any atom is 0.333 e.